The number of H-pyrrole nitrogens is 3. The van der Waals surface area contributed by atoms with Gasteiger partial charge < -0.3 is 70.1 Å². The Morgan fingerprint density at radius 3 is 1.23 bits per heavy atom. The van der Waals surface area contributed by atoms with Crippen molar-refractivity contribution in [1.82, 2.24) is 44.5 Å². The molecule has 9 N–H and O–H groups in total. The summed E-state index contributed by atoms with van der Waals surface area (Å²) in [4.78, 5) is 120. The molecule has 5 aromatic heterocycles. The number of aromatic hydroxyl groups is 3. The first-order valence-corrected chi connectivity index (χ1v) is 38.6. The predicted octanol–water partition coefficient (Wildman–Crippen LogP) is 12.0. The summed E-state index contributed by atoms with van der Waals surface area (Å²) in [5.41, 5.74) is 13.4. The third-order valence-electron chi connectivity index (χ3n) is 21.5. The van der Waals surface area contributed by atoms with E-state index in [-0.39, 0.29) is 51.9 Å². The molecule has 0 radical (unpaired) electrons. The maximum atomic E-state index is 13.1. The van der Waals surface area contributed by atoms with Crippen LogP contribution in [-0.4, -0.2) is 234 Å². The zero-order valence-corrected chi connectivity index (χ0v) is 64.3. The summed E-state index contributed by atoms with van der Waals surface area (Å²) in [6.45, 7) is 9.22. The maximum absolute atomic E-state index is 13.1. The van der Waals surface area contributed by atoms with Crippen molar-refractivity contribution >= 4 is 120 Å². The monoisotopic (exact) mass is 1560 g/mol. The molecule has 2 saturated heterocycles. The van der Waals surface area contributed by atoms with Crippen molar-refractivity contribution in [3.8, 4) is 17.6 Å². The number of benzene rings is 7. The molecule has 2 amide bonds. The number of carboxylic acids is 3. The number of aromatic amines is 3. The quantitative estimate of drug-likeness (QED) is 0.0320. The predicted molar refractivity (Wildman–Crippen MR) is 447 cm³/mol. The Morgan fingerprint density at radius 2 is 0.819 bits per heavy atom. The lowest BCUT2D eigenvalue weighted by Crippen LogP contribution is -2.48. The lowest BCUT2D eigenvalue weighted by Gasteiger charge is -2.32. The smallest absolute Gasteiger partial charge is 0.335 e. The second-order valence-electron chi connectivity index (χ2n) is 29.8. The standard InChI is InChI=1S/C30H30N6O4.C30H29N5O4.C29H28N4O4/c1-34-13-15-35(16-14-34)18-26(37)36-12-11-22-24(36)9-10-25(31-22)33-28(19-5-3-2-4-6-19)27-21-8-7-20(30(39)40)17-23(21)32-29(27)38;36-26(18-34-14-5-2-6-15-34)35-16-13-22-24(35)11-12-25(31-22)33-28(19-7-3-1-4-8-19)27-21-10-9-20(30(38)39)17-23(21)32-29(27)37;1-32(2)16-22(34)17-33-13-12-19-14-21(9-11-25(19)33)30-27(18-6-4-3-5-7-18)26-23-10-8-20(29(36)37)15-24(23)31-28(26)35/h2-10,17,32,38H,11-16,18H2,1H3,(H,39,40);1,3-4,7-12,17,32,37H,2,5-6,13-16,18H2,(H,38,39);3-11,14-15,31,35H,12-13,16-17H2,1-2H3,(H,36,37). The third kappa shape index (κ3) is 17.1. The Balaban J connectivity index is 0.000000137. The number of aromatic carboxylic acids is 3. The number of hydrogen-bond donors (Lipinski definition) is 9. The number of aliphatic imine (C=N–C) groups is 3. The highest BCUT2D eigenvalue weighted by Crippen LogP contribution is 2.39. The molecule has 10 heterocycles. The number of pyridine rings is 2. The number of Topliss-reactive ketones (excluding diaryl/α,β-unsaturated/α-hetero) is 1. The van der Waals surface area contributed by atoms with Gasteiger partial charge in [-0.3, -0.25) is 24.2 Å². The van der Waals surface area contributed by atoms with E-state index >= 15 is 0 Å². The molecule has 0 unspecified atom stereocenters. The van der Waals surface area contributed by atoms with Crippen molar-refractivity contribution in [1.29, 1.82) is 0 Å². The van der Waals surface area contributed by atoms with Crippen LogP contribution in [0.5, 0.6) is 17.6 Å². The summed E-state index contributed by atoms with van der Waals surface area (Å²) in [6.07, 6.45) is 5.64. The third-order valence-corrected chi connectivity index (χ3v) is 21.5. The largest absolute Gasteiger partial charge is 0.494 e. The molecular weight excluding hydrogens is 1470 g/mol. The molecule has 27 heteroatoms. The Labute approximate surface area is 667 Å². The van der Waals surface area contributed by atoms with Crippen LogP contribution in [0.15, 0.2) is 203 Å². The molecule has 0 atom stereocenters. The molecular formula is C89H87N15O12. The maximum Gasteiger partial charge on any atom is 0.335 e. The minimum absolute atomic E-state index is 0.0770. The summed E-state index contributed by atoms with van der Waals surface area (Å²) >= 11 is 0. The van der Waals surface area contributed by atoms with Gasteiger partial charge in [0.05, 0.1) is 105 Å². The lowest BCUT2D eigenvalue weighted by molar-refractivity contribution is -0.120. The number of nitrogens with one attached hydrogen (secondary N) is 3. The van der Waals surface area contributed by atoms with Crippen molar-refractivity contribution in [3.05, 3.63) is 255 Å². The van der Waals surface area contributed by atoms with Crippen molar-refractivity contribution in [2.75, 3.05) is 121 Å². The van der Waals surface area contributed by atoms with Gasteiger partial charge in [0.15, 0.2) is 35.1 Å². The molecule has 0 saturated carbocycles. The van der Waals surface area contributed by atoms with Crippen LogP contribution in [0.1, 0.15) is 101 Å². The summed E-state index contributed by atoms with van der Waals surface area (Å²) < 4.78 is 0. The van der Waals surface area contributed by atoms with Gasteiger partial charge in [-0.2, -0.15) is 0 Å². The van der Waals surface area contributed by atoms with Gasteiger partial charge in [-0.05, 0) is 138 Å². The van der Waals surface area contributed by atoms with Crippen molar-refractivity contribution in [2.24, 2.45) is 15.0 Å². The van der Waals surface area contributed by atoms with Crippen LogP contribution in [0.2, 0.25) is 0 Å². The Bertz CT molecular complexity index is 5860. The summed E-state index contributed by atoms with van der Waals surface area (Å²) in [7, 11) is 5.88. The van der Waals surface area contributed by atoms with Crippen LogP contribution in [0.3, 0.4) is 0 Å². The number of likely N-dealkylation sites (N-methyl/N-ethyl adjacent to an activating group) is 2. The molecule has 2 fully saturated rings. The van der Waals surface area contributed by atoms with E-state index in [0.29, 0.717) is 130 Å². The van der Waals surface area contributed by atoms with Crippen molar-refractivity contribution in [2.45, 2.75) is 38.5 Å². The van der Waals surface area contributed by atoms with Gasteiger partial charge in [0.1, 0.15) is 0 Å². The fraction of sp³-hybridized carbons (Fsp3) is 0.247. The zero-order chi connectivity index (χ0) is 80.8. The van der Waals surface area contributed by atoms with E-state index in [2.05, 4.69) is 41.6 Å². The van der Waals surface area contributed by atoms with Gasteiger partial charge in [0.25, 0.3) is 0 Å². The first-order chi connectivity index (χ1) is 56.1. The van der Waals surface area contributed by atoms with Crippen molar-refractivity contribution < 1.29 is 59.4 Å². The normalized spacial score (nSPS) is 15.3. The van der Waals surface area contributed by atoms with Crippen LogP contribution in [0.25, 0.3) is 32.7 Å². The molecule has 17 rings (SSSR count). The number of aromatic nitrogens is 5. The number of nitrogens with zero attached hydrogens (tertiary/aromatic N) is 12. The number of piperidine rings is 1. The number of rotatable bonds is 20. The molecule has 12 aromatic rings. The number of anilines is 3. The summed E-state index contributed by atoms with van der Waals surface area (Å²) in [5, 5.41) is 62.8. The zero-order valence-electron chi connectivity index (χ0n) is 64.3. The molecule has 7 aromatic carbocycles. The molecule has 0 bridgehead atoms. The van der Waals surface area contributed by atoms with E-state index in [1.165, 1.54) is 42.8 Å². The number of piperazine rings is 1. The first-order valence-electron chi connectivity index (χ1n) is 38.6. The van der Waals surface area contributed by atoms with Crippen molar-refractivity contribution in [3.63, 3.8) is 0 Å². The van der Waals surface area contributed by atoms with Gasteiger partial charge in [-0.15, -0.1) is 0 Å². The number of amides is 2. The Morgan fingerprint density at radius 1 is 0.414 bits per heavy atom. The minimum Gasteiger partial charge on any atom is -0.494 e. The second kappa shape index (κ2) is 34.1. The number of likely N-dealkylation sites (tertiary alicyclic amines) is 1. The fourth-order valence-electron chi connectivity index (χ4n) is 15.7. The SMILES string of the molecule is CN(C)CC(=O)CN1CCc2cc(N=C(c3ccccc3)c3c(O)[nH]c4cc(C(=O)O)ccc34)ccc21.CN1CCN(CC(=O)N2CCc3nc(N=C(c4ccccc4)c4c(O)[nH]c5cc(C(=O)O)ccc45)ccc32)CC1.O=C(O)c1ccc2c(C(=Nc3ccc4c(n3)CCN4C(=O)CN3CCCCC3)c3ccccc3)c(O)[nH]c2c1. The topological polar surface area (TPSA) is 357 Å². The number of carboxylic acid groups (broad SMARTS) is 3. The molecule has 5 aliphatic rings. The highest BCUT2D eigenvalue weighted by molar-refractivity contribution is 6.24. The van der Waals surface area contributed by atoms with Gasteiger partial charge in [-0.1, -0.05) is 116 Å². The lowest BCUT2D eigenvalue weighted by atomic mass is 10.00. The molecule has 5 aliphatic heterocycles. The Kier molecular flexibility index (Phi) is 22.9. The van der Waals surface area contributed by atoms with Gasteiger partial charge >= 0.3 is 17.9 Å². The van der Waals surface area contributed by atoms with Crippen LogP contribution >= 0.6 is 0 Å². The van der Waals surface area contributed by atoms with E-state index in [1.54, 1.807) is 30.3 Å². The van der Waals surface area contributed by atoms with Gasteiger partial charge in [-0.25, -0.2) is 39.3 Å². The summed E-state index contributed by atoms with van der Waals surface area (Å²) in [5.74, 6) is -2.14. The van der Waals surface area contributed by atoms with E-state index in [1.807, 2.05) is 150 Å². The van der Waals surface area contributed by atoms with Gasteiger partial charge in [0.2, 0.25) is 11.8 Å². The number of hydrogen-bond acceptors (Lipinski definition) is 19. The first kappa shape index (κ1) is 77.8. The fourth-order valence-corrected chi connectivity index (χ4v) is 15.7. The van der Waals surface area contributed by atoms with Gasteiger partial charge in [0, 0.05) is 114 Å². The minimum atomic E-state index is -1.05. The second-order valence-corrected chi connectivity index (χ2v) is 29.8. The molecule has 27 nitrogen and oxygen atoms in total. The number of carbonyl (C=O) groups is 6. The van der Waals surface area contributed by atoms with E-state index in [4.69, 9.17) is 24.9 Å². The highest BCUT2D eigenvalue weighted by atomic mass is 16.4. The number of ketones is 1. The van der Waals surface area contributed by atoms with E-state index < -0.39 is 17.9 Å². The average molecular weight is 1560 g/mol. The van der Waals surface area contributed by atoms with Crippen LogP contribution < -0.4 is 14.7 Å². The number of carbonyl (C=O) groups excluding carboxylic acids is 3. The number of fused-ring (bicyclic) bond motifs is 6. The average Bonchev–Trinajstić information content (AvgIpc) is 1.61. The summed E-state index contributed by atoms with van der Waals surface area (Å²) in [6, 6.07) is 55.9. The van der Waals surface area contributed by atoms with Crippen LogP contribution in [-0.2, 0) is 33.6 Å². The molecule has 116 heavy (non-hydrogen) atoms. The highest BCUT2D eigenvalue weighted by Gasteiger charge is 2.32. The van der Waals surface area contributed by atoms with Crippen LogP contribution in [0, 0.1) is 0 Å². The van der Waals surface area contributed by atoms with E-state index in [0.717, 1.165) is 121 Å². The molecule has 0 spiro atoms. The molecule has 590 valence electrons. The molecule has 0 aliphatic carbocycles. The van der Waals surface area contributed by atoms with E-state index in [9.17, 15) is 59.4 Å². The van der Waals surface area contributed by atoms with Crippen LogP contribution in [0.4, 0.5) is 34.4 Å². The Hall–Kier alpha value is -13.5.